The molecular weight excluding hydrogens is 242 g/mol. The van der Waals surface area contributed by atoms with Gasteiger partial charge in [0.25, 0.3) is 0 Å². The number of rotatable bonds is 5. The minimum Gasteiger partial charge on any atom is -0.481 e. The summed E-state index contributed by atoms with van der Waals surface area (Å²) in [6.07, 6.45) is 9.21. The van der Waals surface area contributed by atoms with E-state index in [0.717, 1.165) is 38.2 Å². The van der Waals surface area contributed by atoms with E-state index in [1.54, 1.807) is 6.20 Å². The van der Waals surface area contributed by atoms with Crippen molar-refractivity contribution in [3.8, 4) is 0 Å². The first-order chi connectivity index (χ1) is 9.09. The maximum absolute atomic E-state index is 11.2. The van der Waals surface area contributed by atoms with Crippen LogP contribution in [0.5, 0.6) is 0 Å². The molecule has 2 rings (SSSR count). The van der Waals surface area contributed by atoms with Gasteiger partial charge in [-0.1, -0.05) is 19.3 Å². The molecule has 1 aliphatic carbocycles. The van der Waals surface area contributed by atoms with Crippen LogP contribution >= 0.6 is 0 Å². The van der Waals surface area contributed by atoms with E-state index in [9.17, 15) is 9.90 Å². The second kappa shape index (κ2) is 5.63. The lowest BCUT2D eigenvalue weighted by atomic mass is 9.78. The van der Waals surface area contributed by atoms with E-state index < -0.39 is 5.97 Å². The normalized spacial score (nSPS) is 18.2. The van der Waals surface area contributed by atoms with E-state index >= 15 is 0 Å². The average molecular weight is 265 g/mol. The van der Waals surface area contributed by atoms with E-state index in [1.807, 2.05) is 13.2 Å². The van der Waals surface area contributed by atoms with Crippen LogP contribution in [0, 0.1) is 0 Å². The van der Waals surface area contributed by atoms with Gasteiger partial charge in [0.05, 0.1) is 12.0 Å². The number of imidazole rings is 1. The van der Waals surface area contributed by atoms with Gasteiger partial charge in [-0.25, -0.2) is 4.98 Å². The summed E-state index contributed by atoms with van der Waals surface area (Å²) in [6, 6.07) is 0. The number of hydrogen-bond acceptors (Lipinski definition) is 3. The lowest BCUT2D eigenvalue weighted by Gasteiger charge is -2.44. The van der Waals surface area contributed by atoms with E-state index in [0.29, 0.717) is 0 Å². The highest BCUT2D eigenvalue weighted by Crippen LogP contribution is 2.37. The highest BCUT2D eigenvalue weighted by Gasteiger charge is 2.39. The third-order valence-corrected chi connectivity index (χ3v) is 4.31. The lowest BCUT2D eigenvalue weighted by Crippen LogP contribution is -2.50. The molecule has 5 heteroatoms. The number of aryl methyl sites for hydroxylation is 1. The van der Waals surface area contributed by atoms with Crippen LogP contribution in [0.3, 0.4) is 0 Å². The van der Waals surface area contributed by atoms with Gasteiger partial charge >= 0.3 is 5.97 Å². The number of carbonyl (C=O) groups is 1. The number of carboxylic acid groups (broad SMARTS) is 1. The zero-order valence-corrected chi connectivity index (χ0v) is 11.8. The number of aromatic nitrogens is 2. The molecule has 0 amide bonds. The van der Waals surface area contributed by atoms with Gasteiger partial charge < -0.3 is 14.6 Å². The Hall–Kier alpha value is -1.52. The Morgan fingerprint density at radius 3 is 2.74 bits per heavy atom. The first-order valence-electron chi connectivity index (χ1n) is 7.06. The fraction of sp³-hybridized carbons (Fsp3) is 0.714. The van der Waals surface area contributed by atoms with Crippen molar-refractivity contribution in [2.45, 2.75) is 57.5 Å². The number of hydrogen-bond donors (Lipinski definition) is 1. The molecule has 0 bridgehead atoms. The predicted molar refractivity (Wildman–Crippen MR) is 74.4 cm³/mol. The molecule has 5 nitrogen and oxygen atoms in total. The Balaban J connectivity index is 2.29. The van der Waals surface area contributed by atoms with Crippen LogP contribution in [0.15, 0.2) is 12.4 Å². The molecule has 106 valence electrons. The van der Waals surface area contributed by atoms with Crippen LogP contribution in [0.1, 0.15) is 45.4 Å². The molecule has 1 aliphatic rings. The van der Waals surface area contributed by atoms with Crippen molar-refractivity contribution in [2.24, 2.45) is 0 Å². The van der Waals surface area contributed by atoms with Crippen LogP contribution in [-0.2, 0) is 11.3 Å². The van der Waals surface area contributed by atoms with Gasteiger partial charge in [0.1, 0.15) is 0 Å². The molecule has 1 heterocycles. The molecule has 1 saturated carbocycles. The Morgan fingerprint density at radius 2 is 2.16 bits per heavy atom. The van der Waals surface area contributed by atoms with Gasteiger partial charge in [0.15, 0.2) is 0 Å². The van der Waals surface area contributed by atoms with Crippen molar-refractivity contribution in [3.05, 3.63) is 12.4 Å². The third kappa shape index (κ3) is 2.74. The molecule has 0 radical (unpaired) electrons. The van der Waals surface area contributed by atoms with Crippen LogP contribution in [-0.4, -0.2) is 33.2 Å². The molecule has 0 aliphatic heterocycles. The molecule has 0 aromatic carbocycles. The van der Waals surface area contributed by atoms with Crippen LogP contribution in [0.25, 0.3) is 0 Å². The molecule has 0 saturated heterocycles. The molecule has 0 atom stereocenters. The highest BCUT2D eigenvalue weighted by atomic mass is 16.4. The number of aliphatic carboxylic acids is 1. The molecule has 0 unspecified atom stereocenters. The smallest absolute Gasteiger partial charge is 0.305 e. The van der Waals surface area contributed by atoms with Crippen molar-refractivity contribution in [2.75, 3.05) is 11.9 Å². The molecule has 0 spiro atoms. The Labute approximate surface area is 114 Å². The van der Waals surface area contributed by atoms with Gasteiger partial charge in [-0.05, 0) is 19.8 Å². The van der Waals surface area contributed by atoms with E-state index in [4.69, 9.17) is 0 Å². The Morgan fingerprint density at radius 1 is 1.47 bits per heavy atom. The van der Waals surface area contributed by atoms with E-state index in [-0.39, 0.29) is 12.0 Å². The minimum absolute atomic E-state index is 0.195. The highest BCUT2D eigenvalue weighted by molar-refractivity contribution is 5.69. The first kappa shape index (κ1) is 13.9. The Bertz CT molecular complexity index is 436. The maximum atomic E-state index is 11.2. The standard InChI is InChI=1S/C14H23N3O2/c1-3-17-10-9-15-13(17)16(2)14(11-12(18)19)7-5-4-6-8-14/h9-10H,3-8,11H2,1-2H3,(H,18,19). The molecular formula is C14H23N3O2. The van der Waals surface area contributed by atoms with Crippen LogP contribution < -0.4 is 4.90 Å². The largest absolute Gasteiger partial charge is 0.481 e. The van der Waals surface area contributed by atoms with Gasteiger partial charge in [0.2, 0.25) is 5.95 Å². The fourth-order valence-electron chi connectivity index (χ4n) is 3.18. The Kier molecular flexibility index (Phi) is 4.12. The van der Waals surface area contributed by atoms with Crippen molar-refractivity contribution >= 4 is 11.9 Å². The van der Waals surface area contributed by atoms with Crippen LogP contribution in [0.4, 0.5) is 5.95 Å². The number of carboxylic acids is 1. The van der Waals surface area contributed by atoms with Crippen molar-refractivity contribution in [1.29, 1.82) is 0 Å². The lowest BCUT2D eigenvalue weighted by molar-refractivity contribution is -0.138. The third-order valence-electron chi connectivity index (χ3n) is 4.31. The van der Waals surface area contributed by atoms with Gasteiger partial charge in [-0.15, -0.1) is 0 Å². The molecule has 1 aromatic rings. The summed E-state index contributed by atoms with van der Waals surface area (Å²) in [5.74, 6) is 0.161. The SMILES string of the molecule is CCn1ccnc1N(C)C1(CC(=O)O)CCCCC1. The molecule has 1 fully saturated rings. The summed E-state index contributed by atoms with van der Waals surface area (Å²) in [7, 11) is 1.99. The van der Waals surface area contributed by atoms with E-state index in [1.165, 1.54) is 6.42 Å². The average Bonchev–Trinajstić information content (AvgIpc) is 2.86. The second-order valence-corrected chi connectivity index (χ2v) is 5.43. The van der Waals surface area contributed by atoms with Crippen molar-refractivity contribution in [1.82, 2.24) is 9.55 Å². The topological polar surface area (TPSA) is 58.4 Å². The maximum Gasteiger partial charge on any atom is 0.305 e. The number of nitrogens with zero attached hydrogens (tertiary/aromatic N) is 3. The summed E-state index contributed by atoms with van der Waals surface area (Å²) in [6.45, 7) is 2.92. The summed E-state index contributed by atoms with van der Waals surface area (Å²) in [4.78, 5) is 17.8. The first-order valence-corrected chi connectivity index (χ1v) is 7.06. The number of anilines is 1. The molecule has 19 heavy (non-hydrogen) atoms. The monoisotopic (exact) mass is 265 g/mol. The molecule has 1 N–H and O–H groups in total. The van der Waals surface area contributed by atoms with E-state index in [2.05, 4.69) is 21.4 Å². The van der Waals surface area contributed by atoms with Gasteiger partial charge in [0, 0.05) is 26.0 Å². The quantitative estimate of drug-likeness (QED) is 0.888. The van der Waals surface area contributed by atoms with Crippen molar-refractivity contribution < 1.29 is 9.90 Å². The zero-order valence-electron chi connectivity index (χ0n) is 11.8. The predicted octanol–water partition coefficient (Wildman–Crippen LogP) is 2.52. The van der Waals surface area contributed by atoms with Gasteiger partial charge in [-0.3, -0.25) is 4.79 Å². The summed E-state index contributed by atoms with van der Waals surface area (Å²) >= 11 is 0. The summed E-state index contributed by atoms with van der Waals surface area (Å²) in [5, 5.41) is 9.25. The van der Waals surface area contributed by atoms with Gasteiger partial charge in [-0.2, -0.15) is 0 Å². The van der Waals surface area contributed by atoms with Crippen LogP contribution in [0.2, 0.25) is 0 Å². The second-order valence-electron chi connectivity index (χ2n) is 5.43. The fourth-order valence-corrected chi connectivity index (χ4v) is 3.18. The summed E-state index contributed by atoms with van der Waals surface area (Å²) in [5.41, 5.74) is -0.275. The zero-order chi connectivity index (χ0) is 13.9. The minimum atomic E-state index is -0.719. The summed E-state index contributed by atoms with van der Waals surface area (Å²) < 4.78 is 2.07. The molecule has 1 aromatic heterocycles. The van der Waals surface area contributed by atoms with Crippen molar-refractivity contribution in [3.63, 3.8) is 0 Å².